The zero-order chi connectivity index (χ0) is 18.0. The minimum atomic E-state index is -0.741. The Morgan fingerprint density at radius 1 is 1.33 bits per heavy atom. The molecule has 0 saturated carbocycles. The Morgan fingerprint density at radius 2 is 2.00 bits per heavy atom. The summed E-state index contributed by atoms with van der Waals surface area (Å²) in [5.41, 5.74) is 0.358. The number of carbonyl (C=O) groups excluding carboxylic acids is 2. The highest BCUT2D eigenvalue weighted by Gasteiger charge is 2.22. The molecule has 2 aromatic rings. The third-order valence-electron chi connectivity index (χ3n) is 3.19. The number of halogens is 2. The monoisotopic (exact) mass is 399 g/mol. The summed E-state index contributed by atoms with van der Waals surface area (Å²) in [7, 11) is 4.66. The summed E-state index contributed by atoms with van der Waals surface area (Å²) in [6.45, 7) is 1.53. The van der Waals surface area contributed by atoms with Crippen LogP contribution >= 0.6 is 15.9 Å². The van der Waals surface area contributed by atoms with Crippen molar-refractivity contribution in [1.82, 2.24) is 25.1 Å². The molecular formula is C13H15BrFN7O2. The van der Waals surface area contributed by atoms with Gasteiger partial charge in [0.2, 0.25) is 5.95 Å². The first-order valence-electron chi connectivity index (χ1n) is 6.73. The Hall–Kier alpha value is -2.56. The van der Waals surface area contributed by atoms with E-state index in [4.69, 9.17) is 0 Å². The molecule has 1 aromatic heterocycles. The van der Waals surface area contributed by atoms with Crippen molar-refractivity contribution in [2.24, 2.45) is 7.05 Å². The van der Waals surface area contributed by atoms with Crippen molar-refractivity contribution >= 4 is 39.5 Å². The summed E-state index contributed by atoms with van der Waals surface area (Å²) in [6.07, 6.45) is 0. The van der Waals surface area contributed by atoms with Crippen LogP contribution in [0.1, 0.15) is 15.9 Å². The van der Waals surface area contributed by atoms with Crippen molar-refractivity contribution in [2.45, 2.75) is 6.92 Å². The third kappa shape index (κ3) is 3.50. The summed E-state index contributed by atoms with van der Waals surface area (Å²) in [5.74, 6) is -1.40. The van der Waals surface area contributed by atoms with Gasteiger partial charge in [0, 0.05) is 25.6 Å². The van der Waals surface area contributed by atoms with Gasteiger partial charge in [-0.05, 0) is 44.9 Å². The highest BCUT2D eigenvalue weighted by molar-refractivity contribution is 9.10. The number of nitrogens with zero attached hydrogens (tertiary/aromatic N) is 5. The van der Waals surface area contributed by atoms with Crippen LogP contribution in [0, 0.1) is 12.7 Å². The zero-order valence-corrected chi connectivity index (χ0v) is 15.0. The van der Waals surface area contributed by atoms with E-state index in [9.17, 15) is 14.0 Å². The molecular weight excluding hydrogens is 385 g/mol. The number of rotatable bonds is 3. The molecule has 9 nitrogen and oxygen atoms in total. The van der Waals surface area contributed by atoms with E-state index in [1.54, 1.807) is 14.1 Å². The summed E-state index contributed by atoms with van der Waals surface area (Å²) in [6, 6.07) is 0.705. The number of urea groups is 1. The van der Waals surface area contributed by atoms with Gasteiger partial charge in [0.25, 0.3) is 5.91 Å². The third-order valence-corrected chi connectivity index (χ3v) is 3.82. The molecule has 3 amide bonds. The van der Waals surface area contributed by atoms with Crippen LogP contribution < -0.4 is 10.6 Å². The minimum Gasteiger partial charge on any atom is -0.331 e. The fourth-order valence-electron chi connectivity index (χ4n) is 1.89. The first-order chi connectivity index (χ1) is 11.2. The van der Waals surface area contributed by atoms with E-state index < -0.39 is 17.8 Å². The van der Waals surface area contributed by atoms with E-state index in [0.29, 0.717) is 10.2 Å². The summed E-state index contributed by atoms with van der Waals surface area (Å²) in [5, 5.41) is 15.6. The number of amides is 3. The molecule has 0 spiro atoms. The Morgan fingerprint density at radius 3 is 2.54 bits per heavy atom. The molecule has 0 bridgehead atoms. The van der Waals surface area contributed by atoms with Crippen LogP contribution in [-0.2, 0) is 7.05 Å². The van der Waals surface area contributed by atoms with Gasteiger partial charge in [-0.3, -0.25) is 10.1 Å². The van der Waals surface area contributed by atoms with Gasteiger partial charge in [-0.2, -0.15) is 0 Å². The van der Waals surface area contributed by atoms with Crippen molar-refractivity contribution in [3.63, 3.8) is 0 Å². The molecule has 0 aliphatic carbocycles. The van der Waals surface area contributed by atoms with E-state index in [-0.39, 0.29) is 17.1 Å². The first kappa shape index (κ1) is 17.8. The normalized spacial score (nSPS) is 10.4. The number of tetrazole rings is 1. The smallest absolute Gasteiger partial charge is 0.321 e. The van der Waals surface area contributed by atoms with Gasteiger partial charge in [-0.1, -0.05) is 5.10 Å². The molecule has 128 valence electrons. The molecule has 0 atom stereocenters. The first-order valence-corrected chi connectivity index (χ1v) is 7.52. The van der Waals surface area contributed by atoms with Crippen LogP contribution in [0.15, 0.2) is 10.5 Å². The highest BCUT2D eigenvalue weighted by Crippen LogP contribution is 2.31. The molecule has 2 rings (SSSR count). The summed E-state index contributed by atoms with van der Waals surface area (Å²) >= 11 is 3.19. The van der Waals surface area contributed by atoms with Crippen molar-refractivity contribution in [2.75, 3.05) is 24.7 Å². The molecule has 1 heterocycles. The number of nitrogens with one attached hydrogen (secondary N) is 2. The standard InChI is InChI=1S/C13H15BrFN7O2/c1-6-9(11(23)17-12-18-19-20-22(12)4)8(15)5-7(14)10(6)16-13(24)21(2)3/h5H,1-4H3,(H,16,24)(H,17,18,20,23). The van der Waals surface area contributed by atoms with Crippen LogP contribution in [0.3, 0.4) is 0 Å². The average Bonchev–Trinajstić information content (AvgIpc) is 2.88. The van der Waals surface area contributed by atoms with Crippen molar-refractivity contribution in [3.05, 3.63) is 27.5 Å². The lowest BCUT2D eigenvalue weighted by Gasteiger charge is -2.17. The van der Waals surface area contributed by atoms with E-state index in [1.165, 1.54) is 23.6 Å². The van der Waals surface area contributed by atoms with Gasteiger partial charge in [-0.15, -0.1) is 0 Å². The zero-order valence-electron chi connectivity index (χ0n) is 13.4. The maximum absolute atomic E-state index is 14.3. The number of hydrogen-bond acceptors (Lipinski definition) is 5. The largest absolute Gasteiger partial charge is 0.331 e. The molecule has 0 fully saturated rings. The number of hydrogen-bond donors (Lipinski definition) is 2. The van der Waals surface area contributed by atoms with Crippen molar-refractivity contribution in [3.8, 4) is 0 Å². The molecule has 0 aliphatic heterocycles. The van der Waals surface area contributed by atoms with Crippen molar-refractivity contribution < 1.29 is 14.0 Å². The van der Waals surface area contributed by atoms with E-state index in [0.717, 1.165) is 6.07 Å². The molecule has 0 unspecified atom stereocenters. The van der Waals surface area contributed by atoms with Gasteiger partial charge >= 0.3 is 6.03 Å². The van der Waals surface area contributed by atoms with E-state index in [1.807, 2.05) is 0 Å². The Balaban J connectivity index is 2.41. The second-order valence-corrected chi connectivity index (χ2v) is 5.97. The van der Waals surface area contributed by atoms with Crippen LogP contribution in [0.25, 0.3) is 0 Å². The van der Waals surface area contributed by atoms with E-state index in [2.05, 4.69) is 42.1 Å². The lowest BCUT2D eigenvalue weighted by Crippen LogP contribution is -2.28. The van der Waals surface area contributed by atoms with Gasteiger partial charge in [-0.25, -0.2) is 13.9 Å². The summed E-state index contributed by atoms with van der Waals surface area (Å²) < 4.78 is 15.9. The second-order valence-electron chi connectivity index (χ2n) is 5.12. The summed E-state index contributed by atoms with van der Waals surface area (Å²) in [4.78, 5) is 25.6. The Kier molecular flexibility index (Phi) is 5.12. The van der Waals surface area contributed by atoms with Crippen molar-refractivity contribution in [1.29, 1.82) is 0 Å². The molecule has 2 N–H and O–H groups in total. The van der Waals surface area contributed by atoms with Gasteiger partial charge in [0.15, 0.2) is 0 Å². The predicted octanol–water partition coefficient (Wildman–Crippen LogP) is 1.77. The van der Waals surface area contributed by atoms with Crippen LogP contribution in [0.4, 0.5) is 20.8 Å². The van der Waals surface area contributed by atoms with Crippen LogP contribution in [0.5, 0.6) is 0 Å². The lowest BCUT2D eigenvalue weighted by atomic mass is 10.1. The molecule has 0 radical (unpaired) electrons. The maximum atomic E-state index is 14.3. The maximum Gasteiger partial charge on any atom is 0.321 e. The predicted molar refractivity (Wildman–Crippen MR) is 88.3 cm³/mol. The molecule has 1 aromatic carbocycles. The topological polar surface area (TPSA) is 105 Å². The van der Waals surface area contributed by atoms with E-state index >= 15 is 0 Å². The number of aryl methyl sites for hydroxylation is 1. The molecule has 11 heteroatoms. The fourth-order valence-corrected chi connectivity index (χ4v) is 2.49. The van der Waals surface area contributed by atoms with Gasteiger partial charge in [0.1, 0.15) is 5.82 Å². The lowest BCUT2D eigenvalue weighted by molar-refractivity contribution is 0.102. The van der Waals surface area contributed by atoms with Crippen LogP contribution in [-0.4, -0.2) is 51.1 Å². The Bertz CT molecular complexity index is 806. The second kappa shape index (κ2) is 6.91. The number of aromatic nitrogens is 4. The molecule has 0 saturated heterocycles. The number of carbonyl (C=O) groups is 2. The quantitative estimate of drug-likeness (QED) is 0.817. The average molecular weight is 400 g/mol. The fraction of sp³-hybridized carbons (Fsp3) is 0.308. The molecule has 24 heavy (non-hydrogen) atoms. The Labute approximate surface area is 145 Å². The van der Waals surface area contributed by atoms with Crippen LogP contribution in [0.2, 0.25) is 0 Å². The SMILES string of the molecule is Cc1c(NC(=O)N(C)C)c(Br)cc(F)c1C(=O)Nc1nnnn1C. The number of anilines is 2. The highest BCUT2D eigenvalue weighted by atomic mass is 79.9. The number of benzene rings is 1. The molecule has 0 aliphatic rings. The van der Waals surface area contributed by atoms with Gasteiger partial charge in [0.05, 0.1) is 11.3 Å². The minimum absolute atomic E-state index is 0.0700. The van der Waals surface area contributed by atoms with Gasteiger partial charge < -0.3 is 10.2 Å².